The van der Waals surface area contributed by atoms with E-state index < -0.39 is 11.9 Å². The van der Waals surface area contributed by atoms with Crippen LogP contribution in [-0.2, 0) is 4.79 Å². The Balaban J connectivity index is 0.000000938. The first-order valence-corrected chi connectivity index (χ1v) is 13.6. The van der Waals surface area contributed by atoms with Crippen LogP contribution in [0.4, 0.5) is 0 Å². The van der Waals surface area contributed by atoms with Crippen molar-refractivity contribution in [2.45, 2.75) is 135 Å². The van der Waals surface area contributed by atoms with Gasteiger partial charge >= 0.3 is 11.9 Å². The summed E-state index contributed by atoms with van der Waals surface area (Å²) in [6.45, 7) is 2.28. The fourth-order valence-corrected chi connectivity index (χ4v) is 3.94. The first-order valence-electron chi connectivity index (χ1n) is 13.6. The normalized spacial score (nSPS) is 10.5. The standard InChI is InChI=1S/C22H44O2.C7H6O2/c1-2-3-4-5-6-7-8-9-10-11-12-13-14-15-16-17-18-19-20-21-22(23)24;8-7(9)6-4-2-1-3-5-6/h2-21H2,1H3,(H,23,24);1-5H,(H,8,9). The van der Waals surface area contributed by atoms with Crippen molar-refractivity contribution in [2.24, 2.45) is 0 Å². The maximum absolute atomic E-state index is 10.4. The number of carboxylic acid groups (broad SMARTS) is 2. The van der Waals surface area contributed by atoms with Gasteiger partial charge in [0.15, 0.2) is 0 Å². The smallest absolute Gasteiger partial charge is 0.335 e. The molecular formula is C29H50O4. The van der Waals surface area contributed by atoms with Crippen LogP contribution in [0.2, 0.25) is 0 Å². The third-order valence-electron chi connectivity index (χ3n) is 6.01. The fraction of sp³-hybridized carbons (Fsp3) is 0.724. The van der Waals surface area contributed by atoms with Gasteiger partial charge < -0.3 is 10.2 Å². The second-order valence-electron chi connectivity index (χ2n) is 9.18. The van der Waals surface area contributed by atoms with E-state index in [4.69, 9.17) is 10.2 Å². The highest BCUT2D eigenvalue weighted by Crippen LogP contribution is 2.14. The zero-order valence-corrected chi connectivity index (χ0v) is 21.2. The first-order chi connectivity index (χ1) is 16.1. The molecule has 0 amide bonds. The highest BCUT2D eigenvalue weighted by molar-refractivity contribution is 5.87. The molecule has 1 aromatic rings. The summed E-state index contributed by atoms with van der Waals surface area (Å²) < 4.78 is 0. The molecule has 2 N–H and O–H groups in total. The molecule has 0 saturated heterocycles. The van der Waals surface area contributed by atoms with Crippen LogP contribution in [-0.4, -0.2) is 22.2 Å². The summed E-state index contributed by atoms with van der Waals surface area (Å²) in [7, 11) is 0. The van der Waals surface area contributed by atoms with Crippen molar-refractivity contribution in [3.8, 4) is 0 Å². The molecule has 0 heterocycles. The average Bonchev–Trinajstić information content (AvgIpc) is 2.81. The Bertz CT molecular complexity index is 556. The Morgan fingerprint density at radius 2 is 0.879 bits per heavy atom. The molecular weight excluding hydrogens is 412 g/mol. The second kappa shape index (κ2) is 24.8. The molecule has 33 heavy (non-hydrogen) atoms. The lowest BCUT2D eigenvalue weighted by molar-refractivity contribution is -0.137. The van der Waals surface area contributed by atoms with Gasteiger partial charge in [-0.3, -0.25) is 4.79 Å². The van der Waals surface area contributed by atoms with Crippen LogP contribution in [0.3, 0.4) is 0 Å². The molecule has 0 bridgehead atoms. The SMILES string of the molecule is CCCCCCCCCCCCCCCCCCCCCC(=O)O.O=C(O)c1ccccc1. The Kier molecular flexibility index (Phi) is 23.4. The van der Waals surface area contributed by atoms with Crippen LogP contribution in [0.1, 0.15) is 146 Å². The molecule has 0 radical (unpaired) electrons. The molecule has 1 aromatic carbocycles. The van der Waals surface area contributed by atoms with Gasteiger partial charge in [0.1, 0.15) is 0 Å². The largest absolute Gasteiger partial charge is 0.481 e. The van der Waals surface area contributed by atoms with Gasteiger partial charge in [0.25, 0.3) is 0 Å². The quantitative estimate of drug-likeness (QED) is 0.178. The lowest BCUT2D eigenvalue weighted by Crippen LogP contribution is -1.93. The average molecular weight is 463 g/mol. The number of rotatable bonds is 21. The molecule has 0 unspecified atom stereocenters. The Labute approximate surface area is 203 Å². The van der Waals surface area contributed by atoms with E-state index in [9.17, 15) is 9.59 Å². The number of aliphatic carboxylic acids is 1. The maximum atomic E-state index is 10.4. The van der Waals surface area contributed by atoms with Gasteiger partial charge in [-0.25, -0.2) is 4.79 Å². The van der Waals surface area contributed by atoms with E-state index in [1.807, 2.05) is 0 Å². The van der Waals surface area contributed by atoms with Crippen molar-refractivity contribution in [3.05, 3.63) is 35.9 Å². The number of hydrogen-bond acceptors (Lipinski definition) is 2. The predicted octanol–water partition coefficient (Wildman–Crippen LogP) is 9.28. The van der Waals surface area contributed by atoms with Crippen LogP contribution in [0, 0.1) is 0 Å². The number of benzene rings is 1. The summed E-state index contributed by atoms with van der Waals surface area (Å²) in [4.78, 5) is 20.6. The van der Waals surface area contributed by atoms with E-state index in [0.29, 0.717) is 12.0 Å². The summed E-state index contributed by atoms with van der Waals surface area (Å²) in [5.74, 6) is -1.53. The van der Waals surface area contributed by atoms with Crippen LogP contribution < -0.4 is 0 Å². The lowest BCUT2D eigenvalue weighted by atomic mass is 10.0. The molecule has 0 saturated carbocycles. The van der Waals surface area contributed by atoms with E-state index in [1.54, 1.807) is 30.3 Å². The zero-order chi connectivity index (χ0) is 24.4. The van der Waals surface area contributed by atoms with Gasteiger partial charge in [-0.05, 0) is 18.6 Å². The van der Waals surface area contributed by atoms with Gasteiger partial charge in [-0.15, -0.1) is 0 Å². The molecule has 0 aliphatic rings. The van der Waals surface area contributed by atoms with Gasteiger partial charge in [0, 0.05) is 6.42 Å². The van der Waals surface area contributed by atoms with Gasteiger partial charge in [-0.2, -0.15) is 0 Å². The maximum Gasteiger partial charge on any atom is 0.335 e. The van der Waals surface area contributed by atoms with Gasteiger partial charge in [0.2, 0.25) is 0 Å². The van der Waals surface area contributed by atoms with Crippen molar-refractivity contribution in [3.63, 3.8) is 0 Å². The van der Waals surface area contributed by atoms with Crippen LogP contribution in [0.25, 0.3) is 0 Å². The number of carbonyl (C=O) groups is 2. The third kappa shape index (κ3) is 24.6. The van der Waals surface area contributed by atoms with E-state index >= 15 is 0 Å². The van der Waals surface area contributed by atoms with E-state index in [-0.39, 0.29) is 0 Å². The van der Waals surface area contributed by atoms with Crippen LogP contribution >= 0.6 is 0 Å². The number of hydrogen-bond donors (Lipinski definition) is 2. The van der Waals surface area contributed by atoms with Crippen molar-refractivity contribution >= 4 is 11.9 Å². The Hall–Kier alpha value is -1.84. The van der Waals surface area contributed by atoms with E-state index in [2.05, 4.69) is 6.92 Å². The monoisotopic (exact) mass is 462 g/mol. The molecule has 0 aliphatic carbocycles. The van der Waals surface area contributed by atoms with Crippen LogP contribution in [0.5, 0.6) is 0 Å². The Morgan fingerprint density at radius 1 is 0.545 bits per heavy atom. The molecule has 190 valence electrons. The first kappa shape index (κ1) is 31.2. The minimum absolute atomic E-state index is 0.331. The number of unbranched alkanes of at least 4 members (excludes halogenated alkanes) is 18. The molecule has 0 spiro atoms. The minimum Gasteiger partial charge on any atom is -0.481 e. The summed E-state index contributed by atoms with van der Waals surface area (Å²) in [5.41, 5.74) is 0.331. The second-order valence-corrected chi connectivity index (χ2v) is 9.18. The summed E-state index contributed by atoms with van der Waals surface area (Å²) in [5, 5.41) is 16.9. The summed E-state index contributed by atoms with van der Waals surface area (Å²) in [6.07, 6.45) is 26.1. The van der Waals surface area contributed by atoms with Crippen molar-refractivity contribution in [1.82, 2.24) is 0 Å². The van der Waals surface area contributed by atoms with Gasteiger partial charge in [-0.1, -0.05) is 141 Å². The Morgan fingerprint density at radius 3 is 1.15 bits per heavy atom. The molecule has 0 atom stereocenters. The lowest BCUT2D eigenvalue weighted by Gasteiger charge is -2.03. The highest BCUT2D eigenvalue weighted by atomic mass is 16.4. The number of carboxylic acids is 2. The van der Waals surface area contributed by atoms with Gasteiger partial charge in [0.05, 0.1) is 5.56 Å². The van der Waals surface area contributed by atoms with E-state index in [0.717, 1.165) is 12.8 Å². The number of aromatic carboxylic acids is 1. The summed E-state index contributed by atoms with van der Waals surface area (Å²) >= 11 is 0. The molecule has 0 aromatic heterocycles. The molecule has 4 nitrogen and oxygen atoms in total. The molecule has 1 rings (SSSR count). The van der Waals surface area contributed by atoms with Crippen molar-refractivity contribution in [1.29, 1.82) is 0 Å². The molecule has 4 heteroatoms. The highest BCUT2D eigenvalue weighted by Gasteiger charge is 1.98. The third-order valence-corrected chi connectivity index (χ3v) is 6.01. The molecule has 0 fully saturated rings. The van der Waals surface area contributed by atoms with Crippen molar-refractivity contribution < 1.29 is 19.8 Å². The zero-order valence-electron chi connectivity index (χ0n) is 21.2. The van der Waals surface area contributed by atoms with Crippen molar-refractivity contribution in [2.75, 3.05) is 0 Å². The predicted molar refractivity (Wildman–Crippen MR) is 139 cm³/mol. The van der Waals surface area contributed by atoms with Crippen LogP contribution in [0.15, 0.2) is 30.3 Å². The molecule has 0 aliphatic heterocycles. The van der Waals surface area contributed by atoms with E-state index in [1.165, 1.54) is 109 Å². The summed E-state index contributed by atoms with van der Waals surface area (Å²) in [6, 6.07) is 8.30. The fourth-order valence-electron chi connectivity index (χ4n) is 3.94. The topological polar surface area (TPSA) is 74.6 Å². The minimum atomic E-state index is -0.879.